The van der Waals surface area contributed by atoms with Gasteiger partial charge in [-0.2, -0.15) is 0 Å². The molecule has 2 aromatic rings. The Morgan fingerprint density at radius 1 is 1.20 bits per heavy atom. The normalized spacial score (nSPS) is 16.0. The minimum atomic E-state index is -0.205. The van der Waals surface area contributed by atoms with Crippen molar-refractivity contribution in [3.63, 3.8) is 0 Å². The predicted octanol–water partition coefficient (Wildman–Crippen LogP) is 2.42. The highest BCUT2D eigenvalue weighted by molar-refractivity contribution is 6.01. The molecule has 6 nitrogen and oxygen atoms in total. The smallest absolute Gasteiger partial charge is 0.314 e. The number of nitrogens with one attached hydrogen (secondary N) is 2. The Labute approximate surface area is 147 Å². The Hall–Kier alpha value is -2.89. The first-order chi connectivity index (χ1) is 12.2. The van der Waals surface area contributed by atoms with Crippen LogP contribution in [0.3, 0.4) is 0 Å². The fourth-order valence-corrected chi connectivity index (χ4v) is 2.57. The first-order valence-electron chi connectivity index (χ1n) is 8.42. The number of benzene rings is 1. The van der Waals surface area contributed by atoms with Crippen molar-refractivity contribution in [2.24, 2.45) is 5.16 Å². The van der Waals surface area contributed by atoms with E-state index in [1.165, 1.54) is 5.56 Å². The summed E-state index contributed by atoms with van der Waals surface area (Å²) in [5.41, 5.74) is 4.15. The van der Waals surface area contributed by atoms with Crippen LogP contribution in [0, 0.1) is 6.92 Å². The Bertz CT molecular complexity index is 729. The fraction of sp³-hybridized carbons (Fsp3) is 0.316. The van der Waals surface area contributed by atoms with Gasteiger partial charge in [-0.3, -0.25) is 4.98 Å². The van der Waals surface area contributed by atoms with Gasteiger partial charge in [0.2, 0.25) is 0 Å². The van der Waals surface area contributed by atoms with E-state index in [1.54, 1.807) is 6.20 Å². The molecule has 0 saturated heterocycles. The summed E-state index contributed by atoms with van der Waals surface area (Å²) in [6.07, 6.45) is 3.02. The number of aryl methyl sites for hydroxylation is 1. The maximum atomic E-state index is 11.8. The molecule has 0 radical (unpaired) electrons. The third-order valence-corrected chi connectivity index (χ3v) is 4.00. The second-order valence-electron chi connectivity index (χ2n) is 6.04. The average molecular weight is 338 g/mol. The van der Waals surface area contributed by atoms with Crippen molar-refractivity contribution < 1.29 is 9.63 Å². The molecule has 0 fully saturated rings. The van der Waals surface area contributed by atoms with Crippen LogP contribution in [0.15, 0.2) is 53.8 Å². The number of hydrogen-bond acceptors (Lipinski definition) is 4. The Morgan fingerprint density at radius 2 is 2.04 bits per heavy atom. The van der Waals surface area contributed by atoms with E-state index in [4.69, 9.17) is 4.84 Å². The van der Waals surface area contributed by atoms with E-state index in [1.807, 2.05) is 30.3 Å². The van der Waals surface area contributed by atoms with Crippen LogP contribution < -0.4 is 10.6 Å². The van der Waals surface area contributed by atoms with Crippen LogP contribution in [-0.4, -0.2) is 35.9 Å². The molecule has 25 heavy (non-hydrogen) atoms. The zero-order valence-electron chi connectivity index (χ0n) is 14.2. The molecule has 130 valence electrons. The molecule has 2 amide bonds. The number of pyridine rings is 1. The summed E-state index contributed by atoms with van der Waals surface area (Å²) in [4.78, 5) is 21.5. The Kier molecular flexibility index (Phi) is 5.61. The highest BCUT2D eigenvalue weighted by atomic mass is 16.6. The molecule has 6 heteroatoms. The summed E-state index contributed by atoms with van der Waals surface area (Å²) < 4.78 is 0. The van der Waals surface area contributed by atoms with Crippen LogP contribution in [0.5, 0.6) is 0 Å². The Balaban J connectivity index is 1.35. The lowest BCUT2D eigenvalue weighted by atomic mass is 10.0. The third kappa shape index (κ3) is 5.04. The van der Waals surface area contributed by atoms with Crippen LogP contribution in [0.25, 0.3) is 0 Å². The van der Waals surface area contributed by atoms with Crippen molar-refractivity contribution in [3.05, 3.63) is 65.5 Å². The lowest BCUT2D eigenvalue weighted by molar-refractivity contribution is 0.0865. The van der Waals surface area contributed by atoms with Gasteiger partial charge in [0.1, 0.15) is 0 Å². The molecular weight excluding hydrogens is 316 g/mol. The fourth-order valence-electron chi connectivity index (χ4n) is 2.57. The summed E-state index contributed by atoms with van der Waals surface area (Å²) in [5, 5.41) is 9.78. The van der Waals surface area contributed by atoms with Crippen LogP contribution in [0.2, 0.25) is 0 Å². The molecule has 0 aliphatic carbocycles. The first-order valence-corrected chi connectivity index (χ1v) is 8.42. The summed E-state index contributed by atoms with van der Waals surface area (Å²) in [7, 11) is 0. The van der Waals surface area contributed by atoms with E-state index in [-0.39, 0.29) is 12.1 Å². The van der Waals surface area contributed by atoms with Crippen molar-refractivity contribution in [3.8, 4) is 0 Å². The molecule has 0 saturated carbocycles. The van der Waals surface area contributed by atoms with Gasteiger partial charge in [-0.05, 0) is 24.6 Å². The van der Waals surface area contributed by atoms with Crippen molar-refractivity contribution in [1.82, 2.24) is 15.6 Å². The van der Waals surface area contributed by atoms with E-state index in [2.05, 4.69) is 39.8 Å². The quantitative estimate of drug-likeness (QED) is 0.849. The monoisotopic (exact) mass is 338 g/mol. The first kappa shape index (κ1) is 17.0. The van der Waals surface area contributed by atoms with Crippen molar-refractivity contribution in [2.75, 3.05) is 13.1 Å². The highest BCUT2D eigenvalue weighted by Gasteiger charge is 2.22. The lowest BCUT2D eigenvalue weighted by Crippen LogP contribution is -2.40. The maximum absolute atomic E-state index is 11.8. The van der Waals surface area contributed by atoms with Crippen molar-refractivity contribution in [2.45, 2.75) is 25.9 Å². The molecule has 2 heterocycles. The number of rotatable bonds is 6. The lowest BCUT2D eigenvalue weighted by Gasteiger charge is -2.11. The summed E-state index contributed by atoms with van der Waals surface area (Å²) in [6, 6.07) is 13.7. The van der Waals surface area contributed by atoms with Gasteiger partial charge in [-0.25, -0.2) is 4.79 Å². The number of carbonyl (C=O) groups is 1. The molecule has 0 unspecified atom stereocenters. The van der Waals surface area contributed by atoms with Gasteiger partial charge in [-0.1, -0.05) is 41.1 Å². The van der Waals surface area contributed by atoms with Crippen LogP contribution in [-0.2, 0) is 11.3 Å². The van der Waals surface area contributed by atoms with Crippen molar-refractivity contribution in [1.29, 1.82) is 0 Å². The van der Waals surface area contributed by atoms with E-state index in [0.29, 0.717) is 25.9 Å². The molecule has 2 N–H and O–H groups in total. The molecule has 0 spiro atoms. The molecule has 1 aromatic heterocycles. The molecule has 3 rings (SSSR count). The number of nitrogens with zero attached hydrogens (tertiary/aromatic N) is 2. The Morgan fingerprint density at radius 3 is 2.80 bits per heavy atom. The second-order valence-corrected chi connectivity index (χ2v) is 6.04. The van der Waals surface area contributed by atoms with Gasteiger partial charge in [-0.15, -0.1) is 0 Å². The number of carbonyl (C=O) groups excluding carboxylic acids is 1. The van der Waals surface area contributed by atoms with Gasteiger partial charge in [0, 0.05) is 31.3 Å². The van der Waals surface area contributed by atoms with Gasteiger partial charge >= 0.3 is 6.03 Å². The largest absolute Gasteiger partial charge is 0.390 e. The van der Waals surface area contributed by atoms with Gasteiger partial charge in [0.05, 0.1) is 12.3 Å². The number of oxime groups is 1. The summed E-state index contributed by atoms with van der Waals surface area (Å²) in [5.74, 6) is 0. The summed E-state index contributed by atoms with van der Waals surface area (Å²) >= 11 is 0. The highest BCUT2D eigenvalue weighted by Crippen LogP contribution is 2.16. The predicted molar refractivity (Wildman–Crippen MR) is 96.5 cm³/mol. The van der Waals surface area contributed by atoms with Crippen molar-refractivity contribution >= 4 is 11.7 Å². The SMILES string of the molecule is Cc1ccc(C2=NO[C@H](CNC(=O)NCCc3ccccn3)C2)cc1. The molecule has 1 atom stereocenters. The van der Waals surface area contributed by atoms with Crippen LogP contribution in [0.4, 0.5) is 4.79 Å². The van der Waals surface area contributed by atoms with E-state index in [0.717, 1.165) is 17.0 Å². The number of urea groups is 1. The van der Waals surface area contributed by atoms with Gasteiger partial charge in [0.15, 0.2) is 6.10 Å². The molecule has 1 aliphatic rings. The maximum Gasteiger partial charge on any atom is 0.314 e. The van der Waals surface area contributed by atoms with E-state index >= 15 is 0 Å². The van der Waals surface area contributed by atoms with Crippen LogP contribution >= 0.6 is 0 Å². The van der Waals surface area contributed by atoms with Gasteiger partial charge in [0.25, 0.3) is 0 Å². The molecule has 1 aliphatic heterocycles. The number of hydrogen-bond donors (Lipinski definition) is 2. The number of aromatic nitrogens is 1. The minimum Gasteiger partial charge on any atom is -0.390 e. The van der Waals surface area contributed by atoms with Crippen LogP contribution in [0.1, 0.15) is 23.2 Å². The molecule has 0 bridgehead atoms. The van der Waals surface area contributed by atoms with Gasteiger partial charge < -0.3 is 15.5 Å². The minimum absolute atomic E-state index is 0.127. The molecular formula is C19H22N4O2. The number of amides is 2. The standard InChI is InChI=1S/C19H22N4O2/c1-14-5-7-15(8-6-14)18-12-17(25-23-18)13-22-19(24)21-11-9-16-4-2-3-10-20-16/h2-8,10,17H,9,11-13H2,1H3,(H2,21,22,24)/t17-/m0/s1. The zero-order chi connectivity index (χ0) is 17.5. The topological polar surface area (TPSA) is 75.6 Å². The molecule has 1 aromatic carbocycles. The summed E-state index contributed by atoms with van der Waals surface area (Å²) in [6.45, 7) is 3.02. The third-order valence-electron chi connectivity index (χ3n) is 4.00. The van der Waals surface area contributed by atoms with E-state index in [9.17, 15) is 4.79 Å². The average Bonchev–Trinajstić information content (AvgIpc) is 3.10. The second kappa shape index (κ2) is 8.28. The van der Waals surface area contributed by atoms with E-state index < -0.39 is 0 Å². The zero-order valence-corrected chi connectivity index (χ0v) is 14.2.